The van der Waals surface area contributed by atoms with Gasteiger partial charge in [0.2, 0.25) is 0 Å². The molecule has 0 aromatic heterocycles. The van der Waals surface area contributed by atoms with E-state index < -0.39 is 0 Å². The molecule has 0 radical (unpaired) electrons. The first kappa shape index (κ1) is 17.1. The van der Waals surface area contributed by atoms with Crippen molar-refractivity contribution in [2.24, 2.45) is 11.8 Å². The molecule has 1 N–H and O–H groups in total. The van der Waals surface area contributed by atoms with Crippen LogP contribution >= 0.6 is 0 Å². The van der Waals surface area contributed by atoms with E-state index in [1.165, 1.54) is 51.4 Å². The highest BCUT2D eigenvalue weighted by atomic mass is 16.6. The third kappa shape index (κ3) is 4.01. The average molecular weight is 322 g/mol. The Balaban J connectivity index is 1.65. The van der Waals surface area contributed by atoms with Crippen molar-refractivity contribution in [3.8, 4) is 0 Å². The Hall–Kier alpha value is -0.770. The number of nitrogens with one attached hydrogen (secondary N) is 1. The maximum Gasteiger partial charge on any atom is 0.410 e. The van der Waals surface area contributed by atoms with Crippen molar-refractivity contribution in [2.45, 2.75) is 76.7 Å². The van der Waals surface area contributed by atoms with Crippen LogP contribution in [0.5, 0.6) is 0 Å². The highest BCUT2D eigenvalue weighted by molar-refractivity contribution is 5.69. The van der Waals surface area contributed by atoms with E-state index in [0.717, 1.165) is 39.0 Å². The first-order valence-corrected chi connectivity index (χ1v) is 9.92. The van der Waals surface area contributed by atoms with Gasteiger partial charge in [-0.1, -0.05) is 39.0 Å². The normalized spacial score (nSPS) is 28.8. The molecule has 0 aromatic rings. The molecular weight excluding hydrogens is 288 g/mol. The maximum absolute atomic E-state index is 12.6. The summed E-state index contributed by atoms with van der Waals surface area (Å²) in [6.07, 6.45) is 12.2. The van der Waals surface area contributed by atoms with Gasteiger partial charge in [-0.3, -0.25) is 0 Å². The predicted molar refractivity (Wildman–Crippen MR) is 92.5 cm³/mol. The van der Waals surface area contributed by atoms with Crippen LogP contribution < -0.4 is 5.32 Å². The number of hydrogen-bond donors (Lipinski definition) is 1. The van der Waals surface area contributed by atoms with Gasteiger partial charge in [0.1, 0.15) is 5.60 Å². The van der Waals surface area contributed by atoms with Gasteiger partial charge >= 0.3 is 6.09 Å². The van der Waals surface area contributed by atoms with Crippen LogP contribution in [0.2, 0.25) is 0 Å². The number of nitrogens with zero attached hydrogens (tertiary/aromatic N) is 1. The molecule has 2 saturated heterocycles. The Morgan fingerprint density at radius 2 is 1.96 bits per heavy atom. The molecule has 1 unspecified atom stereocenters. The fourth-order valence-corrected chi connectivity index (χ4v) is 4.82. The van der Waals surface area contributed by atoms with Crippen LogP contribution in [-0.2, 0) is 4.74 Å². The van der Waals surface area contributed by atoms with Gasteiger partial charge in [-0.05, 0) is 38.3 Å². The summed E-state index contributed by atoms with van der Waals surface area (Å²) in [6.45, 7) is 6.08. The number of hydrogen-bond acceptors (Lipinski definition) is 3. The van der Waals surface area contributed by atoms with Crippen LogP contribution in [0.25, 0.3) is 0 Å². The molecule has 4 nitrogen and oxygen atoms in total. The summed E-state index contributed by atoms with van der Waals surface area (Å²) in [4.78, 5) is 14.7. The number of carbonyl (C=O) groups is 1. The fourth-order valence-electron chi connectivity index (χ4n) is 4.82. The van der Waals surface area contributed by atoms with E-state index in [4.69, 9.17) is 4.74 Å². The largest absolute Gasteiger partial charge is 0.442 e. The Morgan fingerprint density at radius 1 is 1.22 bits per heavy atom. The lowest BCUT2D eigenvalue weighted by Gasteiger charge is -2.49. The topological polar surface area (TPSA) is 41.6 Å². The average Bonchev–Trinajstić information content (AvgIpc) is 2.58. The van der Waals surface area contributed by atoms with Gasteiger partial charge in [-0.2, -0.15) is 0 Å². The first-order chi connectivity index (χ1) is 11.2. The van der Waals surface area contributed by atoms with E-state index in [2.05, 4.69) is 12.2 Å². The van der Waals surface area contributed by atoms with Gasteiger partial charge in [-0.15, -0.1) is 0 Å². The van der Waals surface area contributed by atoms with Gasteiger partial charge in [0.25, 0.3) is 0 Å². The third-order valence-corrected chi connectivity index (χ3v) is 6.29. The van der Waals surface area contributed by atoms with E-state index in [1.807, 2.05) is 4.90 Å². The number of piperidine rings is 1. The summed E-state index contributed by atoms with van der Waals surface area (Å²) in [7, 11) is 0. The zero-order valence-electron chi connectivity index (χ0n) is 14.8. The lowest BCUT2D eigenvalue weighted by atomic mass is 9.75. The molecule has 3 aliphatic rings. The molecule has 2 aliphatic heterocycles. The standard InChI is InChI=1S/C19H34N2O2/c1-2-3-9-17-15-21(14-16-7-5-4-6-8-16)18(22)23-19(17)10-12-20-13-11-19/h16-17,20H,2-15H2,1H3. The minimum absolute atomic E-state index is 0.0368. The molecule has 1 atom stereocenters. The van der Waals surface area contributed by atoms with Crippen molar-refractivity contribution >= 4 is 6.09 Å². The zero-order valence-corrected chi connectivity index (χ0v) is 14.8. The molecule has 4 heteroatoms. The minimum atomic E-state index is -0.180. The van der Waals surface area contributed by atoms with Gasteiger partial charge in [0.05, 0.1) is 0 Å². The summed E-state index contributed by atoms with van der Waals surface area (Å²) < 4.78 is 6.13. The Bertz CT molecular complexity index is 387. The second-order valence-electron chi connectivity index (χ2n) is 7.93. The van der Waals surface area contributed by atoms with Crippen molar-refractivity contribution in [3.63, 3.8) is 0 Å². The smallest absolute Gasteiger partial charge is 0.410 e. The molecule has 0 aromatic carbocycles. The summed E-state index contributed by atoms with van der Waals surface area (Å²) in [6, 6.07) is 0. The van der Waals surface area contributed by atoms with E-state index in [1.54, 1.807) is 0 Å². The van der Waals surface area contributed by atoms with Gasteiger partial charge in [0, 0.05) is 31.8 Å². The summed E-state index contributed by atoms with van der Waals surface area (Å²) >= 11 is 0. The zero-order chi connectivity index (χ0) is 16.1. The number of rotatable bonds is 5. The van der Waals surface area contributed by atoms with Crippen LogP contribution in [0.1, 0.15) is 71.1 Å². The first-order valence-electron chi connectivity index (χ1n) is 9.92. The van der Waals surface area contributed by atoms with Crippen molar-refractivity contribution in [3.05, 3.63) is 0 Å². The van der Waals surface area contributed by atoms with E-state index in [9.17, 15) is 4.79 Å². The lowest BCUT2D eigenvalue weighted by Crippen LogP contribution is -2.60. The van der Waals surface area contributed by atoms with Crippen LogP contribution in [0.15, 0.2) is 0 Å². The Morgan fingerprint density at radius 3 is 2.65 bits per heavy atom. The van der Waals surface area contributed by atoms with Crippen LogP contribution in [-0.4, -0.2) is 42.8 Å². The second kappa shape index (κ2) is 7.87. The fraction of sp³-hybridized carbons (Fsp3) is 0.947. The van der Waals surface area contributed by atoms with E-state index >= 15 is 0 Å². The Kier molecular flexibility index (Phi) is 5.84. The molecule has 0 bridgehead atoms. The van der Waals surface area contributed by atoms with Crippen molar-refractivity contribution in [2.75, 3.05) is 26.2 Å². The molecule has 1 aliphatic carbocycles. The van der Waals surface area contributed by atoms with Crippen LogP contribution in [0, 0.1) is 11.8 Å². The third-order valence-electron chi connectivity index (χ3n) is 6.29. The molecule has 1 spiro atoms. The number of amides is 1. The summed E-state index contributed by atoms with van der Waals surface area (Å²) in [5.74, 6) is 1.22. The quantitative estimate of drug-likeness (QED) is 0.833. The van der Waals surface area contributed by atoms with Crippen LogP contribution in [0.4, 0.5) is 4.79 Å². The molecule has 23 heavy (non-hydrogen) atoms. The van der Waals surface area contributed by atoms with E-state index in [-0.39, 0.29) is 11.7 Å². The highest BCUT2D eigenvalue weighted by Gasteiger charge is 2.48. The second-order valence-corrected chi connectivity index (χ2v) is 7.93. The highest BCUT2D eigenvalue weighted by Crippen LogP contribution is 2.40. The number of unbranched alkanes of at least 4 members (excludes halogenated alkanes) is 1. The van der Waals surface area contributed by atoms with Gasteiger partial charge in [0.15, 0.2) is 0 Å². The van der Waals surface area contributed by atoms with E-state index in [0.29, 0.717) is 11.8 Å². The summed E-state index contributed by atoms with van der Waals surface area (Å²) in [5, 5.41) is 3.42. The molecule has 3 fully saturated rings. The van der Waals surface area contributed by atoms with Crippen molar-refractivity contribution in [1.82, 2.24) is 10.2 Å². The predicted octanol–water partition coefficient (Wildman–Crippen LogP) is 3.95. The lowest BCUT2D eigenvalue weighted by molar-refractivity contribution is -0.110. The molecule has 2 heterocycles. The number of ether oxygens (including phenoxy) is 1. The maximum atomic E-state index is 12.6. The SMILES string of the molecule is CCCCC1CN(CC2CCCCC2)C(=O)OC12CCNCC2. The summed E-state index contributed by atoms with van der Waals surface area (Å²) in [5.41, 5.74) is -0.180. The van der Waals surface area contributed by atoms with Gasteiger partial charge < -0.3 is 15.0 Å². The van der Waals surface area contributed by atoms with Crippen molar-refractivity contribution < 1.29 is 9.53 Å². The Labute approximate surface area is 141 Å². The molecule has 132 valence electrons. The number of carbonyl (C=O) groups excluding carboxylic acids is 1. The minimum Gasteiger partial charge on any atom is -0.442 e. The molecule has 3 rings (SSSR count). The monoisotopic (exact) mass is 322 g/mol. The molecular formula is C19H34N2O2. The molecule has 1 saturated carbocycles. The van der Waals surface area contributed by atoms with Gasteiger partial charge in [-0.25, -0.2) is 4.79 Å². The molecule has 1 amide bonds. The van der Waals surface area contributed by atoms with Crippen LogP contribution in [0.3, 0.4) is 0 Å². The van der Waals surface area contributed by atoms with Crippen molar-refractivity contribution in [1.29, 1.82) is 0 Å².